The first kappa shape index (κ1) is 12.8. The normalized spacial score (nSPS) is 22.7. The van der Waals surface area contributed by atoms with Crippen LogP contribution in [-0.4, -0.2) is 30.5 Å². The Morgan fingerprint density at radius 3 is 3.07 bits per heavy atom. The Bertz CT molecular complexity index is 193. The molecule has 88 valence electrons. The molecule has 1 aliphatic rings. The first-order valence-electron chi connectivity index (χ1n) is 5.69. The van der Waals surface area contributed by atoms with E-state index in [2.05, 4.69) is 5.32 Å². The number of hydrogen-bond acceptors (Lipinski definition) is 2. The lowest BCUT2D eigenvalue weighted by Crippen LogP contribution is -2.33. The SMILES string of the molecule is CC(CCCl)NC(=O)CCC1CCCO1. The van der Waals surface area contributed by atoms with Crippen molar-refractivity contribution >= 4 is 17.5 Å². The summed E-state index contributed by atoms with van der Waals surface area (Å²) in [5.74, 6) is 0.704. The molecular formula is C11H20ClNO2. The molecule has 4 heteroatoms. The maximum absolute atomic E-state index is 11.5. The van der Waals surface area contributed by atoms with Gasteiger partial charge in [0.1, 0.15) is 0 Å². The minimum Gasteiger partial charge on any atom is -0.378 e. The molecule has 2 unspecified atom stereocenters. The van der Waals surface area contributed by atoms with Crippen LogP contribution in [0.1, 0.15) is 39.0 Å². The number of ether oxygens (including phenoxy) is 1. The van der Waals surface area contributed by atoms with Crippen LogP contribution >= 0.6 is 11.6 Å². The molecule has 0 aromatic heterocycles. The summed E-state index contributed by atoms with van der Waals surface area (Å²) in [4.78, 5) is 11.5. The molecule has 1 N–H and O–H groups in total. The number of halogens is 1. The van der Waals surface area contributed by atoms with Gasteiger partial charge < -0.3 is 10.1 Å². The highest BCUT2D eigenvalue weighted by atomic mass is 35.5. The van der Waals surface area contributed by atoms with Gasteiger partial charge in [0.25, 0.3) is 0 Å². The van der Waals surface area contributed by atoms with E-state index in [-0.39, 0.29) is 11.9 Å². The summed E-state index contributed by atoms with van der Waals surface area (Å²) < 4.78 is 5.45. The van der Waals surface area contributed by atoms with E-state index in [1.807, 2.05) is 6.92 Å². The van der Waals surface area contributed by atoms with E-state index in [1.54, 1.807) is 0 Å². The Morgan fingerprint density at radius 1 is 1.67 bits per heavy atom. The Kier molecular flexibility index (Phi) is 6.03. The molecule has 0 radical (unpaired) electrons. The molecule has 0 spiro atoms. The number of amides is 1. The van der Waals surface area contributed by atoms with Gasteiger partial charge in [-0.2, -0.15) is 0 Å². The quantitative estimate of drug-likeness (QED) is 0.714. The van der Waals surface area contributed by atoms with Gasteiger partial charge in [-0.1, -0.05) is 0 Å². The van der Waals surface area contributed by atoms with Gasteiger partial charge in [-0.05, 0) is 32.6 Å². The highest BCUT2D eigenvalue weighted by Gasteiger charge is 2.17. The van der Waals surface area contributed by atoms with Gasteiger partial charge in [-0.3, -0.25) is 4.79 Å². The van der Waals surface area contributed by atoms with Gasteiger partial charge >= 0.3 is 0 Å². The molecule has 1 amide bonds. The van der Waals surface area contributed by atoms with E-state index in [1.165, 1.54) is 0 Å². The van der Waals surface area contributed by atoms with Crippen molar-refractivity contribution in [3.8, 4) is 0 Å². The summed E-state index contributed by atoms with van der Waals surface area (Å²) in [6.07, 6.45) is 4.78. The zero-order chi connectivity index (χ0) is 11.1. The van der Waals surface area contributed by atoms with Crippen LogP contribution in [0.4, 0.5) is 0 Å². The van der Waals surface area contributed by atoms with Crippen molar-refractivity contribution in [2.24, 2.45) is 0 Å². The summed E-state index contributed by atoms with van der Waals surface area (Å²) in [6, 6.07) is 0.180. The molecule has 3 nitrogen and oxygen atoms in total. The number of nitrogens with one attached hydrogen (secondary N) is 1. The van der Waals surface area contributed by atoms with Crippen LogP contribution in [0.15, 0.2) is 0 Å². The molecule has 1 aliphatic heterocycles. The summed E-state index contributed by atoms with van der Waals surface area (Å²) in [7, 11) is 0. The smallest absolute Gasteiger partial charge is 0.220 e. The number of alkyl halides is 1. The molecule has 2 atom stereocenters. The molecule has 0 aromatic carbocycles. The van der Waals surface area contributed by atoms with E-state index in [0.29, 0.717) is 18.4 Å². The molecular weight excluding hydrogens is 214 g/mol. The van der Waals surface area contributed by atoms with Crippen LogP contribution in [0.3, 0.4) is 0 Å². The highest BCUT2D eigenvalue weighted by molar-refractivity contribution is 6.17. The average molecular weight is 234 g/mol. The van der Waals surface area contributed by atoms with Crippen molar-refractivity contribution in [1.82, 2.24) is 5.32 Å². The van der Waals surface area contributed by atoms with Crippen molar-refractivity contribution in [3.63, 3.8) is 0 Å². The molecule has 0 saturated carbocycles. The fourth-order valence-electron chi connectivity index (χ4n) is 1.75. The van der Waals surface area contributed by atoms with Crippen LogP contribution < -0.4 is 5.32 Å². The number of rotatable bonds is 6. The predicted octanol–water partition coefficient (Wildman–Crippen LogP) is 2.08. The summed E-state index contributed by atoms with van der Waals surface area (Å²) in [6.45, 7) is 2.83. The molecule has 0 aliphatic carbocycles. The number of carbonyl (C=O) groups excluding carboxylic acids is 1. The van der Waals surface area contributed by atoms with Gasteiger partial charge in [0.15, 0.2) is 0 Å². The average Bonchev–Trinajstić information content (AvgIpc) is 2.67. The fourth-order valence-corrected chi connectivity index (χ4v) is 2.07. The number of carbonyl (C=O) groups is 1. The minimum absolute atomic E-state index is 0.114. The zero-order valence-corrected chi connectivity index (χ0v) is 10.1. The van der Waals surface area contributed by atoms with Crippen LogP contribution in [0.25, 0.3) is 0 Å². The van der Waals surface area contributed by atoms with E-state index in [0.717, 1.165) is 32.3 Å². The lowest BCUT2D eigenvalue weighted by molar-refractivity contribution is -0.122. The van der Waals surface area contributed by atoms with Crippen molar-refractivity contribution in [3.05, 3.63) is 0 Å². The van der Waals surface area contributed by atoms with E-state index < -0.39 is 0 Å². The van der Waals surface area contributed by atoms with Gasteiger partial charge in [-0.15, -0.1) is 11.6 Å². The van der Waals surface area contributed by atoms with Crippen LogP contribution in [-0.2, 0) is 9.53 Å². The minimum atomic E-state index is 0.114. The topological polar surface area (TPSA) is 38.3 Å². The first-order valence-corrected chi connectivity index (χ1v) is 6.22. The van der Waals surface area contributed by atoms with Crippen molar-refractivity contribution < 1.29 is 9.53 Å². The lowest BCUT2D eigenvalue weighted by Gasteiger charge is -2.13. The second-order valence-electron chi connectivity index (χ2n) is 4.12. The molecule has 15 heavy (non-hydrogen) atoms. The summed E-state index contributed by atoms with van der Waals surface area (Å²) >= 11 is 5.59. The maximum Gasteiger partial charge on any atom is 0.220 e. The fraction of sp³-hybridized carbons (Fsp3) is 0.909. The Morgan fingerprint density at radius 2 is 2.47 bits per heavy atom. The van der Waals surface area contributed by atoms with E-state index in [4.69, 9.17) is 16.3 Å². The first-order chi connectivity index (χ1) is 7.22. The third kappa shape index (κ3) is 5.38. The molecule has 1 fully saturated rings. The van der Waals surface area contributed by atoms with Crippen LogP contribution in [0, 0.1) is 0 Å². The van der Waals surface area contributed by atoms with E-state index in [9.17, 15) is 4.79 Å². The van der Waals surface area contributed by atoms with Crippen LogP contribution in [0.2, 0.25) is 0 Å². The van der Waals surface area contributed by atoms with E-state index >= 15 is 0 Å². The maximum atomic E-state index is 11.5. The second-order valence-corrected chi connectivity index (χ2v) is 4.50. The van der Waals surface area contributed by atoms with Crippen molar-refractivity contribution in [2.75, 3.05) is 12.5 Å². The van der Waals surface area contributed by atoms with Crippen LogP contribution in [0.5, 0.6) is 0 Å². The zero-order valence-electron chi connectivity index (χ0n) is 9.30. The molecule has 0 bridgehead atoms. The highest BCUT2D eigenvalue weighted by Crippen LogP contribution is 2.16. The lowest BCUT2D eigenvalue weighted by atomic mass is 10.1. The molecule has 1 rings (SSSR count). The Hall–Kier alpha value is -0.280. The Balaban J connectivity index is 2.07. The van der Waals surface area contributed by atoms with Crippen molar-refractivity contribution in [2.45, 2.75) is 51.2 Å². The molecule has 1 saturated heterocycles. The second kappa shape index (κ2) is 7.07. The third-order valence-electron chi connectivity index (χ3n) is 2.67. The predicted molar refractivity (Wildman–Crippen MR) is 61.1 cm³/mol. The van der Waals surface area contributed by atoms with Gasteiger partial charge in [-0.25, -0.2) is 0 Å². The monoisotopic (exact) mass is 233 g/mol. The van der Waals surface area contributed by atoms with Crippen molar-refractivity contribution in [1.29, 1.82) is 0 Å². The van der Waals surface area contributed by atoms with Gasteiger partial charge in [0.2, 0.25) is 5.91 Å². The third-order valence-corrected chi connectivity index (χ3v) is 2.89. The summed E-state index contributed by atoms with van der Waals surface area (Å²) in [5.41, 5.74) is 0. The number of hydrogen-bond donors (Lipinski definition) is 1. The largest absolute Gasteiger partial charge is 0.378 e. The standard InChI is InChI=1S/C11H20ClNO2/c1-9(6-7-12)13-11(14)5-4-10-3-2-8-15-10/h9-10H,2-8H2,1H3,(H,13,14). The van der Waals surface area contributed by atoms with Gasteiger partial charge in [0, 0.05) is 24.9 Å². The summed E-state index contributed by atoms with van der Waals surface area (Å²) in [5, 5.41) is 2.93. The van der Waals surface area contributed by atoms with Gasteiger partial charge in [0.05, 0.1) is 6.10 Å². The molecule has 0 aromatic rings. The Labute approximate surface area is 96.5 Å². The molecule has 1 heterocycles.